The Morgan fingerprint density at radius 2 is 1.86 bits per heavy atom. The summed E-state index contributed by atoms with van der Waals surface area (Å²) in [5.74, 6) is 1.14. The number of nitrogens with zero attached hydrogens (tertiary/aromatic N) is 9. The van der Waals surface area contributed by atoms with E-state index >= 15 is 0 Å². The van der Waals surface area contributed by atoms with Crippen molar-refractivity contribution in [2.24, 2.45) is 0 Å². The van der Waals surface area contributed by atoms with Crippen LogP contribution in [0.2, 0.25) is 0 Å². The molecule has 0 saturated carbocycles. The zero-order chi connectivity index (χ0) is 24.9. The summed E-state index contributed by atoms with van der Waals surface area (Å²) in [7, 11) is 0. The maximum Gasteiger partial charge on any atom is 0.335 e. The standard InChI is InChI=1S/C25H28N10O/c1-3-5-13-33-17-27-30-24(33)35-16-20(8-4-2)34(25(35)36)15-19-12-11-18(14-26-19)21-9-6-7-10-22(21)23-28-31-32-29-23/h6-7,9-12,14,16-17H,3-5,8,13,15H2,1-2H3,(H,28,29,31,32). The van der Waals surface area contributed by atoms with Gasteiger partial charge in [0.2, 0.25) is 5.95 Å². The molecular weight excluding hydrogens is 456 g/mol. The van der Waals surface area contributed by atoms with Gasteiger partial charge in [-0.25, -0.2) is 14.5 Å². The number of H-pyrrole nitrogens is 1. The van der Waals surface area contributed by atoms with Crippen molar-refractivity contribution in [1.82, 2.24) is 49.5 Å². The first kappa shape index (κ1) is 23.3. The van der Waals surface area contributed by atoms with E-state index in [9.17, 15) is 4.79 Å². The molecule has 0 bridgehead atoms. The molecule has 4 aromatic heterocycles. The predicted molar refractivity (Wildman–Crippen MR) is 134 cm³/mol. The fourth-order valence-corrected chi connectivity index (χ4v) is 4.27. The summed E-state index contributed by atoms with van der Waals surface area (Å²) >= 11 is 0. The van der Waals surface area contributed by atoms with Gasteiger partial charge in [0, 0.05) is 35.8 Å². The largest absolute Gasteiger partial charge is 0.335 e. The van der Waals surface area contributed by atoms with E-state index < -0.39 is 0 Å². The highest BCUT2D eigenvalue weighted by atomic mass is 16.2. The number of rotatable bonds is 10. The second-order valence-corrected chi connectivity index (χ2v) is 8.62. The van der Waals surface area contributed by atoms with Crippen LogP contribution < -0.4 is 5.69 Å². The predicted octanol–water partition coefficient (Wildman–Crippen LogP) is 3.27. The Labute approximate surface area is 207 Å². The zero-order valence-electron chi connectivity index (χ0n) is 20.4. The highest BCUT2D eigenvalue weighted by Gasteiger charge is 2.17. The van der Waals surface area contributed by atoms with Crippen LogP contribution in [0.3, 0.4) is 0 Å². The van der Waals surface area contributed by atoms with E-state index in [1.54, 1.807) is 15.5 Å². The molecule has 5 aromatic rings. The van der Waals surface area contributed by atoms with E-state index in [1.165, 1.54) is 0 Å². The zero-order valence-corrected chi connectivity index (χ0v) is 20.4. The van der Waals surface area contributed by atoms with Gasteiger partial charge in [-0.3, -0.25) is 14.1 Å². The SMILES string of the molecule is CCCCn1cnnc1-n1cc(CCC)n(Cc2ccc(-c3ccccc3-c3nnn[nH]3)cn2)c1=O. The van der Waals surface area contributed by atoms with Gasteiger partial charge >= 0.3 is 5.69 Å². The normalized spacial score (nSPS) is 11.3. The number of pyridine rings is 1. The lowest BCUT2D eigenvalue weighted by Gasteiger charge is -2.09. The Bertz CT molecular complexity index is 1480. The van der Waals surface area contributed by atoms with Crippen LogP contribution in [0.25, 0.3) is 28.5 Å². The molecule has 11 heteroatoms. The lowest BCUT2D eigenvalue weighted by atomic mass is 10.0. The summed E-state index contributed by atoms with van der Waals surface area (Å²) in [6.45, 7) is 5.38. The third-order valence-electron chi connectivity index (χ3n) is 6.11. The number of tetrazole rings is 1. The molecule has 0 amide bonds. The molecule has 184 valence electrons. The second kappa shape index (κ2) is 10.5. The number of aromatic amines is 1. The molecular formula is C25H28N10O. The molecule has 0 atom stereocenters. The highest BCUT2D eigenvalue weighted by Crippen LogP contribution is 2.29. The van der Waals surface area contributed by atoms with Gasteiger partial charge in [-0.1, -0.05) is 57.0 Å². The van der Waals surface area contributed by atoms with E-state index in [4.69, 9.17) is 0 Å². The van der Waals surface area contributed by atoms with Gasteiger partial charge in [-0.15, -0.1) is 15.3 Å². The van der Waals surface area contributed by atoms with Crippen molar-refractivity contribution in [1.29, 1.82) is 0 Å². The first-order chi connectivity index (χ1) is 17.7. The average molecular weight is 485 g/mol. The molecule has 0 aliphatic carbocycles. The minimum Gasteiger partial charge on any atom is -0.299 e. The Balaban J connectivity index is 1.45. The van der Waals surface area contributed by atoms with Gasteiger partial charge in [-0.2, -0.15) is 0 Å². The van der Waals surface area contributed by atoms with E-state index in [-0.39, 0.29) is 5.69 Å². The van der Waals surface area contributed by atoms with Gasteiger partial charge in [0.1, 0.15) is 6.33 Å². The minimum atomic E-state index is -0.141. The Morgan fingerprint density at radius 1 is 1.00 bits per heavy atom. The number of imidazole rings is 1. The summed E-state index contributed by atoms with van der Waals surface area (Å²) in [6, 6.07) is 11.8. The summed E-state index contributed by atoms with van der Waals surface area (Å²) in [5.41, 5.74) is 4.40. The molecule has 4 heterocycles. The van der Waals surface area contributed by atoms with Crippen molar-refractivity contribution in [2.75, 3.05) is 0 Å². The summed E-state index contributed by atoms with van der Waals surface area (Å²) in [5, 5.41) is 22.5. The van der Waals surface area contributed by atoms with Gasteiger partial charge in [-0.05, 0) is 34.9 Å². The average Bonchev–Trinajstić information content (AvgIpc) is 3.66. The van der Waals surface area contributed by atoms with Gasteiger partial charge in [0.05, 0.1) is 12.2 Å². The van der Waals surface area contributed by atoms with Crippen molar-refractivity contribution >= 4 is 0 Å². The van der Waals surface area contributed by atoms with Crippen LogP contribution in [0.15, 0.2) is 59.9 Å². The third-order valence-corrected chi connectivity index (χ3v) is 6.11. The third kappa shape index (κ3) is 4.59. The molecule has 0 unspecified atom stereocenters. The Kier molecular flexibility index (Phi) is 6.78. The van der Waals surface area contributed by atoms with Crippen LogP contribution in [0.5, 0.6) is 0 Å². The lowest BCUT2D eigenvalue weighted by molar-refractivity contribution is 0.606. The molecule has 0 aliphatic rings. The molecule has 0 saturated heterocycles. The van der Waals surface area contributed by atoms with Crippen LogP contribution >= 0.6 is 0 Å². The molecule has 0 radical (unpaired) electrons. The minimum absolute atomic E-state index is 0.141. The highest BCUT2D eigenvalue weighted by molar-refractivity contribution is 5.79. The molecule has 0 spiro atoms. The molecule has 36 heavy (non-hydrogen) atoms. The number of nitrogens with one attached hydrogen (secondary N) is 1. The Hall–Kier alpha value is -4.41. The molecule has 0 aliphatic heterocycles. The Morgan fingerprint density at radius 3 is 2.58 bits per heavy atom. The van der Waals surface area contributed by atoms with Crippen LogP contribution in [-0.2, 0) is 19.5 Å². The first-order valence-corrected chi connectivity index (χ1v) is 12.2. The fourth-order valence-electron chi connectivity index (χ4n) is 4.27. The quantitative estimate of drug-likeness (QED) is 0.322. The van der Waals surface area contributed by atoms with Crippen molar-refractivity contribution in [3.8, 4) is 28.5 Å². The van der Waals surface area contributed by atoms with E-state index in [0.29, 0.717) is 18.3 Å². The maximum atomic E-state index is 13.5. The van der Waals surface area contributed by atoms with Crippen LogP contribution in [0.4, 0.5) is 0 Å². The van der Waals surface area contributed by atoms with Crippen LogP contribution in [0, 0.1) is 0 Å². The lowest BCUT2D eigenvalue weighted by Crippen LogP contribution is -2.26. The second-order valence-electron chi connectivity index (χ2n) is 8.62. The summed E-state index contributed by atoms with van der Waals surface area (Å²) < 4.78 is 5.31. The number of hydrogen-bond donors (Lipinski definition) is 1. The van der Waals surface area contributed by atoms with Crippen molar-refractivity contribution in [3.63, 3.8) is 0 Å². The molecule has 1 N–H and O–H groups in total. The maximum absolute atomic E-state index is 13.5. The van der Waals surface area contributed by atoms with Gasteiger partial charge in [0.15, 0.2) is 5.82 Å². The van der Waals surface area contributed by atoms with Crippen molar-refractivity contribution in [2.45, 2.75) is 52.6 Å². The number of hydrogen-bond acceptors (Lipinski definition) is 7. The van der Waals surface area contributed by atoms with Crippen LogP contribution in [0.1, 0.15) is 44.5 Å². The first-order valence-electron chi connectivity index (χ1n) is 12.2. The fraction of sp³-hybridized carbons (Fsp3) is 0.320. The molecule has 1 aromatic carbocycles. The number of benzene rings is 1. The van der Waals surface area contributed by atoms with Gasteiger partial charge in [0.25, 0.3) is 0 Å². The van der Waals surface area contributed by atoms with E-state index in [1.807, 2.05) is 53.4 Å². The van der Waals surface area contributed by atoms with Crippen LogP contribution in [-0.4, -0.2) is 49.5 Å². The topological polar surface area (TPSA) is 125 Å². The smallest absolute Gasteiger partial charge is 0.299 e. The van der Waals surface area contributed by atoms with E-state index in [2.05, 4.69) is 49.7 Å². The summed E-state index contributed by atoms with van der Waals surface area (Å²) in [6.07, 6.45) is 9.13. The monoisotopic (exact) mass is 484 g/mol. The number of aryl methyl sites for hydroxylation is 2. The summed E-state index contributed by atoms with van der Waals surface area (Å²) in [4.78, 5) is 18.1. The van der Waals surface area contributed by atoms with Crippen molar-refractivity contribution < 1.29 is 0 Å². The van der Waals surface area contributed by atoms with Crippen molar-refractivity contribution in [3.05, 3.63) is 77.0 Å². The molecule has 5 rings (SSSR count). The number of aromatic nitrogens is 10. The number of unbranched alkanes of at least 4 members (excludes halogenated alkanes) is 1. The van der Waals surface area contributed by atoms with Gasteiger partial charge < -0.3 is 0 Å². The molecule has 11 nitrogen and oxygen atoms in total. The van der Waals surface area contributed by atoms with E-state index in [0.717, 1.165) is 60.3 Å². The molecule has 0 fully saturated rings.